The molecule has 1 aromatic rings. The van der Waals surface area contributed by atoms with Gasteiger partial charge in [-0.2, -0.15) is 12.6 Å². The van der Waals surface area contributed by atoms with Crippen LogP contribution in [0, 0.1) is 0 Å². The van der Waals surface area contributed by atoms with E-state index in [4.69, 9.17) is 10.5 Å². The zero-order valence-corrected chi connectivity index (χ0v) is 10.4. The predicted molar refractivity (Wildman–Crippen MR) is 67.9 cm³/mol. The van der Waals surface area contributed by atoms with Gasteiger partial charge in [0.2, 0.25) is 0 Å². The Morgan fingerprint density at radius 3 is 2.53 bits per heavy atom. The molecular formula is C12H19NOS. The predicted octanol–water partition coefficient (Wildman–Crippen LogP) is 2.75. The van der Waals surface area contributed by atoms with Crippen LogP contribution in [-0.2, 0) is 0 Å². The van der Waals surface area contributed by atoms with E-state index in [1.165, 1.54) is 5.56 Å². The summed E-state index contributed by atoms with van der Waals surface area (Å²) in [4.78, 5) is 0. The molecule has 0 bridgehead atoms. The van der Waals surface area contributed by atoms with Gasteiger partial charge in [0, 0.05) is 17.4 Å². The Balaban J connectivity index is 3.09. The van der Waals surface area contributed by atoms with E-state index in [1.807, 2.05) is 0 Å². The monoisotopic (exact) mass is 225 g/mol. The van der Waals surface area contributed by atoms with Crippen LogP contribution < -0.4 is 10.5 Å². The van der Waals surface area contributed by atoms with Crippen LogP contribution in [0.15, 0.2) is 18.2 Å². The van der Waals surface area contributed by atoms with Gasteiger partial charge < -0.3 is 10.5 Å². The average Bonchev–Trinajstić information content (AvgIpc) is 2.27. The molecule has 15 heavy (non-hydrogen) atoms. The van der Waals surface area contributed by atoms with Gasteiger partial charge in [-0.25, -0.2) is 0 Å². The van der Waals surface area contributed by atoms with E-state index >= 15 is 0 Å². The Morgan fingerprint density at radius 1 is 1.40 bits per heavy atom. The molecule has 0 amide bonds. The third-order valence-corrected chi connectivity index (χ3v) is 3.00. The fraction of sp³-hybridized carbons (Fsp3) is 0.500. The zero-order chi connectivity index (χ0) is 11.4. The number of rotatable bonds is 4. The third kappa shape index (κ3) is 2.89. The van der Waals surface area contributed by atoms with Crippen LogP contribution >= 0.6 is 12.6 Å². The summed E-state index contributed by atoms with van der Waals surface area (Å²) >= 11 is 4.42. The van der Waals surface area contributed by atoms with Gasteiger partial charge in [0.25, 0.3) is 0 Å². The molecule has 1 rings (SSSR count). The molecule has 0 spiro atoms. The van der Waals surface area contributed by atoms with E-state index in [2.05, 4.69) is 44.7 Å². The Labute approximate surface area is 97.2 Å². The minimum Gasteiger partial charge on any atom is -0.496 e. The first-order valence-electron chi connectivity index (χ1n) is 5.16. The lowest BCUT2D eigenvalue weighted by Crippen LogP contribution is -2.08. The molecule has 84 valence electrons. The first-order chi connectivity index (χ1) is 7.10. The molecule has 0 aromatic heterocycles. The number of hydrogen-bond acceptors (Lipinski definition) is 3. The molecule has 2 nitrogen and oxygen atoms in total. The van der Waals surface area contributed by atoms with Gasteiger partial charge in [0.05, 0.1) is 7.11 Å². The van der Waals surface area contributed by atoms with Gasteiger partial charge in [0.1, 0.15) is 5.75 Å². The topological polar surface area (TPSA) is 35.2 Å². The lowest BCUT2D eigenvalue weighted by molar-refractivity contribution is 0.408. The van der Waals surface area contributed by atoms with Crippen LogP contribution in [0.2, 0.25) is 0 Å². The van der Waals surface area contributed by atoms with E-state index in [-0.39, 0.29) is 5.25 Å². The molecule has 1 atom stereocenters. The standard InChI is InChI=1S/C12H19NOS/c1-8(2)9-4-5-10(12(15)7-13)11(6-9)14-3/h4-6,8,12,15H,7,13H2,1-3H3. The summed E-state index contributed by atoms with van der Waals surface area (Å²) in [6.45, 7) is 4.84. The Morgan fingerprint density at radius 2 is 2.07 bits per heavy atom. The Kier molecular flexibility index (Phi) is 4.48. The number of methoxy groups -OCH3 is 1. The van der Waals surface area contributed by atoms with Gasteiger partial charge in [-0.05, 0) is 17.5 Å². The first kappa shape index (κ1) is 12.4. The minimum atomic E-state index is 0.0427. The fourth-order valence-electron chi connectivity index (χ4n) is 1.49. The van der Waals surface area contributed by atoms with Crippen molar-refractivity contribution >= 4 is 12.6 Å². The number of hydrogen-bond donors (Lipinski definition) is 2. The number of thiol groups is 1. The molecule has 1 aromatic carbocycles. The number of benzene rings is 1. The molecule has 3 heteroatoms. The van der Waals surface area contributed by atoms with Crippen molar-refractivity contribution in [2.75, 3.05) is 13.7 Å². The summed E-state index contributed by atoms with van der Waals surface area (Å²) in [5.74, 6) is 1.39. The number of nitrogens with two attached hydrogens (primary N) is 1. The SMILES string of the molecule is COc1cc(C(C)C)ccc1C(S)CN. The summed E-state index contributed by atoms with van der Waals surface area (Å²) in [6.07, 6.45) is 0. The van der Waals surface area contributed by atoms with Gasteiger partial charge >= 0.3 is 0 Å². The molecule has 0 radical (unpaired) electrons. The van der Waals surface area contributed by atoms with Crippen molar-refractivity contribution in [3.8, 4) is 5.75 Å². The summed E-state index contributed by atoms with van der Waals surface area (Å²) < 4.78 is 5.35. The summed E-state index contributed by atoms with van der Waals surface area (Å²) in [6, 6.07) is 6.24. The molecular weight excluding hydrogens is 206 g/mol. The maximum absolute atomic E-state index is 5.59. The van der Waals surface area contributed by atoms with Crippen LogP contribution in [0.5, 0.6) is 5.75 Å². The molecule has 0 aliphatic rings. The average molecular weight is 225 g/mol. The highest BCUT2D eigenvalue weighted by molar-refractivity contribution is 7.80. The highest BCUT2D eigenvalue weighted by atomic mass is 32.1. The van der Waals surface area contributed by atoms with Crippen molar-refractivity contribution in [1.29, 1.82) is 0 Å². The second-order valence-corrected chi connectivity index (χ2v) is 4.53. The molecule has 0 saturated heterocycles. The molecule has 0 heterocycles. The van der Waals surface area contributed by atoms with E-state index < -0.39 is 0 Å². The maximum atomic E-state index is 5.59. The second kappa shape index (κ2) is 5.42. The largest absolute Gasteiger partial charge is 0.496 e. The van der Waals surface area contributed by atoms with Crippen LogP contribution in [0.3, 0.4) is 0 Å². The van der Waals surface area contributed by atoms with Gasteiger partial charge in [-0.15, -0.1) is 0 Å². The summed E-state index contributed by atoms with van der Waals surface area (Å²) in [7, 11) is 1.68. The molecule has 0 aliphatic carbocycles. The van der Waals surface area contributed by atoms with E-state index in [9.17, 15) is 0 Å². The third-order valence-electron chi connectivity index (χ3n) is 2.51. The summed E-state index contributed by atoms with van der Waals surface area (Å²) in [5.41, 5.74) is 7.93. The fourth-order valence-corrected chi connectivity index (χ4v) is 1.70. The van der Waals surface area contributed by atoms with Crippen molar-refractivity contribution < 1.29 is 4.74 Å². The normalized spacial score (nSPS) is 12.9. The number of ether oxygens (including phenoxy) is 1. The van der Waals surface area contributed by atoms with Crippen molar-refractivity contribution in [3.05, 3.63) is 29.3 Å². The van der Waals surface area contributed by atoms with Crippen molar-refractivity contribution in [2.45, 2.75) is 25.0 Å². The lowest BCUT2D eigenvalue weighted by atomic mass is 9.99. The van der Waals surface area contributed by atoms with E-state index in [0.717, 1.165) is 11.3 Å². The van der Waals surface area contributed by atoms with Crippen LogP contribution in [-0.4, -0.2) is 13.7 Å². The minimum absolute atomic E-state index is 0.0427. The smallest absolute Gasteiger partial charge is 0.123 e. The van der Waals surface area contributed by atoms with Crippen LogP contribution in [0.1, 0.15) is 36.1 Å². The highest BCUT2D eigenvalue weighted by Gasteiger charge is 2.12. The zero-order valence-electron chi connectivity index (χ0n) is 9.53. The molecule has 0 fully saturated rings. The Bertz CT molecular complexity index is 325. The van der Waals surface area contributed by atoms with E-state index in [0.29, 0.717) is 12.5 Å². The maximum Gasteiger partial charge on any atom is 0.123 e. The van der Waals surface area contributed by atoms with Crippen LogP contribution in [0.25, 0.3) is 0 Å². The van der Waals surface area contributed by atoms with Gasteiger partial charge in [-0.3, -0.25) is 0 Å². The first-order valence-corrected chi connectivity index (χ1v) is 5.67. The highest BCUT2D eigenvalue weighted by Crippen LogP contribution is 2.31. The lowest BCUT2D eigenvalue weighted by Gasteiger charge is -2.15. The Hall–Kier alpha value is -0.670. The van der Waals surface area contributed by atoms with Gasteiger partial charge in [0.15, 0.2) is 0 Å². The van der Waals surface area contributed by atoms with Crippen molar-refractivity contribution in [1.82, 2.24) is 0 Å². The molecule has 1 unspecified atom stereocenters. The van der Waals surface area contributed by atoms with Crippen molar-refractivity contribution in [3.63, 3.8) is 0 Å². The molecule has 0 aliphatic heterocycles. The molecule has 0 saturated carbocycles. The molecule has 2 N–H and O–H groups in total. The van der Waals surface area contributed by atoms with E-state index in [1.54, 1.807) is 7.11 Å². The second-order valence-electron chi connectivity index (χ2n) is 3.91. The summed E-state index contributed by atoms with van der Waals surface area (Å²) in [5, 5.41) is 0.0427. The quantitative estimate of drug-likeness (QED) is 0.773. The van der Waals surface area contributed by atoms with Crippen molar-refractivity contribution in [2.24, 2.45) is 5.73 Å². The van der Waals surface area contributed by atoms with Crippen LogP contribution in [0.4, 0.5) is 0 Å². The van der Waals surface area contributed by atoms with Gasteiger partial charge in [-0.1, -0.05) is 26.0 Å².